The molecule has 2 N–H and O–H groups in total. The molecule has 0 atom stereocenters. The minimum Gasteiger partial charge on any atom is -0.422 e. The van der Waals surface area contributed by atoms with E-state index in [4.69, 9.17) is 10.2 Å². The second-order valence-corrected chi connectivity index (χ2v) is 2.85. The average molecular weight is 189 g/mol. The van der Waals surface area contributed by atoms with Crippen molar-refractivity contribution in [2.75, 3.05) is 0 Å². The van der Waals surface area contributed by atoms with Crippen molar-refractivity contribution in [3.63, 3.8) is 0 Å². The third kappa shape index (κ3) is 1.26. The van der Waals surface area contributed by atoms with Gasteiger partial charge < -0.3 is 10.2 Å². The molecule has 0 aliphatic rings. The first kappa shape index (κ1) is 8.50. The van der Waals surface area contributed by atoms with Crippen LogP contribution in [-0.2, 0) is 0 Å². The van der Waals surface area contributed by atoms with Gasteiger partial charge in [-0.3, -0.25) is 4.79 Å². The van der Waals surface area contributed by atoms with Gasteiger partial charge in [-0.05, 0) is 12.1 Å². The monoisotopic (exact) mass is 189 g/mol. The van der Waals surface area contributed by atoms with Crippen molar-refractivity contribution in [3.05, 3.63) is 46.3 Å². The predicted octanol–water partition coefficient (Wildman–Crippen LogP) is 0.892. The molecule has 14 heavy (non-hydrogen) atoms. The lowest BCUT2D eigenvalue weighted by Gasteiger charge is -1.97. The van der Waals surface area contributed by atoms with Gasteiger partial charge >= 0.3 is 5.63 Å². The summed E-state index contributed by atoms with van der Waals surface area (Å²) in [5.41, 5.74) is 4.63. The largest absolute Gasteiger partial charge is 0.422 e. The Bertz CT molecular complexity index is 557. The minimum atomic E-state index is -0.774. The summed E-state index contributed by atoms with van der Waals surface area (Å²) in [6, 6.07) is 8.36. The van der Waals surface area contributed by atoms with Gasteiger partial charge in [0.1, 0.15) is 11.1 Å². The van der Waals surface area contributed by atoms with Crippen LogP contribution in [0.3, 0.4) is 0 Å². The predicted molar refractivity (Wildman–Crippen MR) is 51.0 cm³/mol. The van der Waals surface area contributed by atoms with Gasteiger partial charge in [-0.15, -0.1) is 0 Å². The number of carbonyl (C=O) groups excluding carboxylic acids is 1. The lowest BCUT2D eigenvalue weighted by molar-refractivity contribution is 0.0997. The Morgan fingerprint density at radius 1 is 1.29 bits per heavy atom. The average Bonchev–Trinajstić information content (AvgIpc) is 2.16. The summed E-state index contributed by atoms with van der Waals surface area (Å²) in [4.78, 5) is 22.0. The summed E-state index contributed by atoms with van der Waals surface area (Å²) in [6.45, 7) is 0. The van der Waals surface area contributed by atoms with E-state index < -0.39 is 11.5 Å². The first-order valence-electron chi connectivity index (χ1n) is 4.01. The highest BCUT2D eigenvalue weighted by molar-refractivity contribution is 5.95. The highest BCUT2D eigenvalue weighted by Gasteiger charge is 2.09. The Labute approximate surface area is 78.9 Å². The molecule has 1 aromatic carbocycles. The van der Waals surface area contributed by atoms with Crippen LogP contribution in [0.2, 0.25) is 0 Å². The van der Waals surface area contributed by atoms with E-state index in [1.165, 1.54) is 6.07 Å². The van der Waals surface area contributed by atoms with Crippen LogP contribution in [0.5, 0.6) is 0 Å². The van der Waals surface area contributed by atoms with E-state index in [1.54, 1.807) is 24.3 Å². The fraction of sp³-hybridized carbons (Fsp3) is 0. The molecule has 2 aromatic rings. The van der Waals surface area contributed by atoms with E-state index in [0.717, 1.165) is 0 Å². The first-order chi connectivity index (χ1) is 6.68. The van der Waals surface area contributed by atoms with Gasteiger partial charge in [0.05, 0.1) is 0 Å². The lowest BCUT2D eigenvalue weighted by Crippen LogP contribution is -2.20. The van der Waals surface area contributed by atoms with Crippen molar-refractivity contribution in [2.45, 2.75) is 0 Å². The number of hydrogen-bond acceptors (Lipinski definition) is 3. The normalized spacial score (nSPS) is 10.3. The summed E-state index contributed by atoms with van der Waals surface area (Å²) < 4.78 is 4.90. The van der Waals surface area contributed by atoms with Crippen molar-refractivity contribution in [3.8, 4) is 0 Å². The van der Waals surface area contributed by atoms with E-state index >= 15 is 0 Å². The molecule has 0 radical (unpaired) electrons. The van der Waals surface area contributed by atoms with Gasteiger partial charge in [0.2, 0.25) is 0 Å². The first-order valence-corrected chi connectivity index (χ1v) is 4.01. The molecule has 0 aliphatic carbocycles. The third-order valence-electron chi connectivity index (χ3n) is 1.91. The van der Waals surface area contributed by atoms with Gasteiger partial charge in [-0.2, -0.15) is 0 Å². The van der Waals surface area contributed by atoms with E-state index in [-0.39, 0.29) is 5.56 Å². The zero-order valence-corrected chi connectivity index (χ0v) is 7.19. The fourth-order valence-corrected chi connectivity index (χ4v) is 1.23. The molecular weight excluding hydrogens is 182 g/mol. The van der Waals surface area contributed by atoms with Gasteiger partial charge in [0.15, 0.2) is 0 Å². The van der Waals surface area contributed by atoms with Crippen LogP contribution in [0.25, 0.3) is 11.0 Å². The van der Waals surface area contributed by atoms with Gasteiger partial charge in [0, 0.05) is 5.39 Å². The second kappa shape index (κ2) is 2.99. The number of carbonyl (C=O) groups is 1. The molecule has 4 heteroatoms. The summed E-state index contributed by atoms with van der Waals surface area (Å²) in [5.74, 6) is -0.774. The van der Waals surface area contributed by atoms with Gasteiger partial charge in [0.25, 0.3) is 5.91 Å². The Kier molecular flexibility index (Phi) is 1.81. The highest BCUT2D eigenvalue weighted by Crippen LogP contribution is 2.11. The molecule has 1 amide bonds. The Morgan fingerprint density at radius 3 is 2.71 bits per heavy atom. The summed E-state index contributed by atoms with van der Waals surface area (Å²) in [6.07, 6.45) is 0. The smallest absolute Gasteiger partial charge is 0.349 e. The van der Waals surface area contributed by atoms with E-state index in [2.05, 4.69) is 0 Å². The maximum atomic E-state index is 11.2. The van der Waals surface area contributed by atoms with Gasteiger partial charge in [-0.25, -0.2) is 4.79 Å². The lowest BCUT2D eigenvalue weighted by atomic mass is 10.2. The van der Waals surface area contributed by atoms with Crippen molar-refractivity contribution in [1.82, 2.24) is 0 Å². The van der Waals surface area contributed by atoms with Crippen molar-refractivity contribution in [2.24, 2.45) is 5.73 Å². The molecule has 0 spiro atoms. The quantitative estimate of drug-likeness (QED) is 0.677. The number of primary amides is 1. The Hall–Kier alpha value is -2.10. The highest BCUT2D eigenvalue weighted by atomic mass is 16.4. The molecule has 0 saturated carbocycles. The number of rotatable bonds is 1. The van der Waals surface area contributed by atoms with Crippen LogP contribution in [0.1, 0.15) is 10.4 Å². The van der Waals surface area contributed by atoms with Crippen LogP contribution >= 0.6 is 0 Å². The van der Waals surface area contributed by atoms with Crippen molar-refractivity contribution < 1.29 is 9.21 Å². The van der Waals surface area contributed by atoms with E-state index in [1.807, 2.05) is 0 Å². The Morgan fingerprint density at radius 2 is 2.00 bits per heavy atom. The van der Waals surface area contributed by atoms with Crippen LogP contribution in [0.15, 0.2) is 39.5 Å². The zero-order valence-electron chi connectivity index (χ0n) is 7.19. The molecule has 0 unspecified atom stereocenters. The molecule has 1 heterocycles. The van der Waals surface area contributed by atoms with Gasteiger partial charge in [-0.1, -0.05) is 18.2 Å². The number of amides is 1. The maximum Gasteiger partial charge on any atom is 0.349 e. The van der Waals surface area contributed by atoms with Crippen molar-refractivity contribution in [1.29, 1.82) is 0 Å². The fourth-order valence-electron chi connectivity index (χ4n) is 1.23. The van der Waals surface area contributed by atoms with Crippen molar-refractivity contribution >= 4 is 16.9 Å². The minimum absolute atomic E-state index is 0.122. The standard InChI is InChI=1S/C10H7NO3/c11-9(12)7-5-6-3-1-2-4-8(6)14-10(7)13/h1-5H,(H2,11,12). The van der Waals surface area contributed by atoms with Crippen LogP contribution in [0, 0.1) is 0 Å². The molecular formula is C10H7NO3. The second-order valence-electron chi connectivity index (χ2n) is 2.85. The van der Waals surface area contributed by atoms with Crippen LogP contribution < -0.4 is 11.4 Å². The number of fused-ring (bicyclic) bond motifs is 1. The molecule has 2 rings (SSSR count). The molecule has 70 valence electrons. The number of hydrogen-bond donors (Lipinski definition) is 1. The zero-order chi connectivity index (χ0) is 10.1. The molecule has 4 nitrogen and oxygen atoms in total. The number of benzene rings is 1. The maximum absolute atomic E-state index is 11.2. The summed E-state index contributed by atoms with van der Waals surface area (Å²) in [7, 11) is 0. The van der Waals surface area contributed by atoms with E-state index in [0.29, 0.717) is 11.0 Å². The number of nitrogens with two attached hydrogens (primary N) is 1. The molecule has 0 fully saturated rings. The number of para-hydroxylation sites is 1. The Balaban J connectivity index is 2.84. The SMILES string of the molecule is NC(=O)c1cc2ccccc2oc1=O. The molecule has 1 aromatic heterocycles. The molecule has 0 bridgehead atoms. The molecule has 0 saturated heterocycles. The summed E-state index contributed by atoms with van der Waals surface area (Å²) >= 11 is 0. The topological polar surface area (TPSA) is 73.3 Å². The third-order valence-corrected chi connectivity index (χ3v) is 1.91. The molecule has 0 aliphatic heterocycles. The van der Waals surface area contributed by atoms with Crippen LogP contribution in [-0.4, -0.2) is 5.91 Å². The van der Waals surface area contributed by atoms with Crippen LogP contribution in [0.4, 0.5) is 0 Å². The summed E-state index contributed by atoms with van der Waals surface area (Å²) in [5, 5.41) is 0.681. The van der Waals surface area contributed by atoms with E-state index in [9.17, 15) is 9.59 Å².